The highest BCUT2D eigenvalue weighted by molar-refractivity contribution is 6.30. The lowest BCUT2D eigenvalue weighted by Crippen LogP contribution is -2.05. The Balaban J connectivity index is 1.68. The molecule has 0 saturated carbocycles. The number of nitrogens with zero attached hydrogens (tertiary/aromatic N) is 1. The first-order chi connectivity index (χ1) is 14.9. The van der Waals surface area contributed by atoms with Crippen LogP contribution in [0, 0.1) is 0 Å². The third-order valence-electron chi connectivity index (χ3n) is 4.16. The molecule has 0 aromatic heterocycles. The smallest absolute Gasteiger partial charge is 0.336 e. The van der Waals surface area contributed by atoms with E-state index in [0.29, 0.717) is 16.5 Å². The lowest BCUT2D eigenvalue weighted by molar-refractivity contribution is -0.129. The van der Waals surface area contributed by atoms with Crippen LogP contribution in [0.5, 0.6) is 11.5 Å². The Hall–Kier alpha value is -3.90. The van der Waals surface area contributed by atoms with Crippen LogP contribution < -0.4 is 9.47 Å². The minimum Gasteiger partial charge on any atom is -0.493 e. The molecule has 3 aromatic rings. The van der Waals surface area contributed by atoms with E-state index < -0.39 is 11.9 Å². The van der Waals surface area contributed by atoms with Crippen molar-refractivity contribution in [1.29, 1.82) is 0 Å². The molecule has 0 aliphatic rings. The molecule has 0 bridgehead atoms. The van der Waals surface area contributed by atoms with E-state index in [1.165, 1.54) is 25.3 Å². The first-order valence-electron chi connectivity index (χ1n) is 9.15. The normalized spacial score (nSPS) is 11.0. The maximum absolute atomic E-state index is 12.1. The summed E-state index contributed by atoms with van der Waals surface area (Å²) in [7, 11) is 1.47. The van der Waals surface area contributed by atoms with Crippen molar-refractivity contribution in [1.82, 2.24) is 0 Å². The topological polar surface area (TPSA) is 85.2 Å². The van der Waals surface area contributed by atoms with Gasteiger partial charge in [0, 0.05) is 17.3 Å². The maximum Gasteiger partial charge on any atom is 0.336 e. The number of aromatic carboxylic acids is 1. The minimum atomic E-state index is -0.992. The second-order valence-corrected chi connectivity index (χ2v) is 6.76. The lowest BCUT2D eigenvalue weighted by Gasteiger charge is -2.08. The van der Waals surface area contributed by atoms with Gasteiger partial charge in [-0.2, -0.15) is 0 Å². The minimum absolute atomic E-state index is 0.192. The molecule has 0 radical (unpaired) electrons. The number of methoxy groups -OCH3 is 1. The quantitative estimate of drug-likeness (QED) is 0.232. The van der Waals surface area contributed by atoms with Gasteiger partial charge in [0.05, 0.1) is 18.4 Å². The van der Waals surface area contributed by atoms with Crippen molar-refractivity contribution >= 4 is 41.5 Å². The average Bonchev–Trinajstić information content (AvgIpc) is 2.78. The van der Waals surface area contributed by atoms with Crippen molar-refractivity contribution in [3.05, 3.63) is 94.5 Å². The number of ether oxygens (including phenoxy) is 2. The fourth-order valence-electron chi connectivity index (χ4n) is 2.57. The molecule has 31 heavy (non-hydrogen) atoms. The second kappa shape index (κ2) is 10.2. The van der Waals surface area contributed by atoms with Crippen molar-refractivity contribution in [2.45, 2.75) is 0 Å². The largest absolute Gasteiger partial charge is 0.493 e. The molecule has 0 saturated heterocycles. The van der Waals surface area contributed by atoms with E-state index in [-0.39, 0.29) is 11.3 Å². The molecular weight excluding hydrogens is 418 g/mol. The zero-order valence-electron chi connectivity index (χ0n) is 16.5. The van der Waals surface area contributed by atoms with E-state index in [4.69, 9.17) is 26.2 Å². The molecule has 156 valence electrons. The summed E-state index contributed by atoms with van der Waals surface area (Å²) in [5, 5.41) is 9.55. The van der Waals surface area contributed by atoms with Gasteiger partial charge in [-0.05, 0) is 71.8 Å². The molecule has 1 N–H and O–H groups in total. The zero-order chi connectivity index (χ0) is 22.2. The van der Waals surface area contributed by atoms with Crippen molar-refractivity contribution in [2.24, 2.45) is 4.99 Å². The summed E-state index contributed by atoms with van der Waals surface area (Å²) in [5.74, 6) is -0.892. The second-order valence-electron chi connectivity index (χ2n) is 6.33. The van der Waals surface area contributed by atoms with Crippen LogP contribution in [-0.4, -0.2) is 30.4 Å². The maximum atomic E-state index is 12.1. The van der Waals surface area contributed by atoms with Gasteiger partial charge in [-0.15, -0.1) is 0 Å². The van der Waals surface area contributed by atoms with Gasteiger partial charge in [-0.3, -0.25) is 4.99 Å². The summed E-state index contributed by atoms with van der Waals surface area (Å²) in [4.78, 5) is 27.3. The van der Waals surface area contributed by atoms with Gasteiger partial charge in [0.2, 0.25) is 0 Å². The number of carbonyl (C=O) groups excluding carboxylic acids is 1. The summed E-state index contributed by atoms with van der Waals surface area (Å²) < 4.78 is 10.7. The van der Waals surface area contributed by atoms with Crippen LogP contribution >= 0.6 is 11.6 Å². The molecule has 0 unspecified atom stereocenters. The van der Waals surface area contributed by atoms with Gasteiger partial charge < -0.3 is 14.6 Å². The van der Waals surface area contributed by atoms with E-state index >= 15 is 0 Å². The van der Waals surface area contributed by atoms with Crippen LogP contribution in [-0.2, 0) is 4.79 Å². The van der Waals surface area contributed by atoms with Crippen molar-refractivity contribution in [3.63, 3.8) is 0 Å². The number of carbonyl (C=O) groups is 2. The summed E-state index contributed by atoms with van der Waals surface area (Å²) in [5.41, 5.74) is 2.33. The van der Waals surface area contributed by atoms with Gasteiger partial charge in [-0.1, -0.05) is 23.7 Å². The number of hydrogen-bond acceptors (Lipinski definition) is 5. The average molecular weight is 436 g/mol. The number of aliphatic imine (C=N–C) groups is 1. The summed E-state index contributed by atoms with van der Waals surface area (Å²) in [6.45, 7) is 0. The summed E-state index contributed by atoms with van der Waals surface area (Å²) in [6.07, 6.45) is 4.55. The number of halogens is 1. The van der Waals surface area contributed by atoms with Gasteiger partial charge in [0.15, 0.2) is 11.5 Å². The molecule has 6 nitrogen and oxygen atoms in total. The molecule has 0 atom stereocenters. The first-order valence-corrected chi connectivity index (χ1v) is 9.53. The predicted molar refractivity (Wildman–Crippen MR) is 120 cm³/mol. The predicted octanol–water partition coefficient (Wildman–Crippen LogP) is 5.42. The Morgan fingerprint density at radius 3 is 2.26 bits per heavy atom. The van der Waals surface area contributed by atoms with E-state index in [2.05, 4.69) is 4.99 Å². The van der Waals surface area contributed by atoms with E-state index in [1.807, 2.05) is 0 Å². The molecule has 0 fully saturated rings. The zero-order valence-corrected chi connectivity index (χ0v) is 17.2. The number of carboxylic acid groups (broad SMARTS) is 1. The highest BCUT2D eigenvalue weighted by atomic mass is 35.5. The Labute approximate surface area is 184 Å². The van der Waals surface area contributed by atoms with Gasteiger partial charge >= 0.3 is 11.9 Å². The van der Waals surface area contributed by atoms with E-state index in [9.17, 15) is 9.59 Å². The van der Waals surface area contributed by atoms with Crippen LogP contribution in [0.25, 0.3) is 6.08 Å². The highest BCUT2D eigenvalue weighted by Crippen LogP contribution is 2.28. The van der Waals surface area contributed by atoms with Crippen molar-refractivity contribution in [3.8, 4) is 11.5 Å². The molecule has 3 rings (SSSR count). The molecule has 0 aliphatic carbocycles. The van der Waals surface area contributed by atoms with Crippen LogP contribution in [0.15, 0.2) is 77.8 Å². The fraction of sp³-hybridized carbons (Fsp3) is 0.0417. The van der Waals surface area contributed by atoms with Gasteiger partial charge in [0.1, 0.15) is 0 Å². The first kappa shape index (κ1) is 21.8. The van der Waals surface area contributed by atoms with Crippen LogP contribution in [0.2, 0.25) is 5.02 Å². The Morgan fingerprint density at radius 1 is 0.935 bits per heavy atom. The number of carboxylic acids is 1. The van der Waals surface area contributed by atoms with Gasteiger partial charge in [-0.25, -0.2) is 9.59 Å². The molecule has 0 aliphatic heterocycles. The van der Waals surface area contributed by atoms with Crippen molar-refractivity contribution < 1.29 is 24.2 Å². The molecule has 3 aromatic carbocycles. The molecular formula is C24H18ClNO5. The Morgan fingerprint density at radius 2 is 1.61 bits per heavy atom. The molecule has 0 heterocycles. The highest BCUT2D eigenvalue weighted by Gasteiger charge is 2.09. The SMILES string of the molecule is COc1cc(C=Nc2ccc(C(=O)O)cc2)ccc1OC(=O)/C=C/c1ccc(Cl)cc1. The molecule has 0 amide bonds. The third kappa shape index (κ3) is 6.29. The number of benzene rings is 3. The lowest BCUT2D eigenvalue weighted by atomic mass is 10.2. The number of rotatable bonds is 7. The number of esters is 1. The molecule has 7 heteroatoms. The standard InChI is InChI=1S/C24H18ClNO5/c1-30-22-14-17(15-26-20-10-6-18(7-11-20)24(28)29)4-12-21(22)31-23(27)13-5-16-2-8-19(25)9-3-16/h2-15H,1H3,(H,28,29)/b13-5+,26-15?. The van der Waals surface area contributed by atoms with E-state index in [1.54, 1.807) is 66.9 Å². The third-order valence-corrected chi connectivity index (χ3v) is 4.41. The van der Waals surface area contributed by atoms with Gasteiger partial charge in [0.25, 0.3) is 0 Å². The molecule has 0 spiro atoms. The summed E-state index contributed by atoms with van der Waals surface area (Å²) >= 11 is 5.84. The monoisotopic (exact) mass is 435 g/mol. The van der Waals surface area contributed by atoms with Crippen LogP contribution in [0.3, 0.4) is 0 Å². The fourth-order valence-corrected chi connectivity index (χ4v) is 2.69. The number of hydrogen-bond donors (Lipinski definition) is 1. The van der Waals surface area contributed by atoms with Crippen LogP contribution in [0.1, 0.15) is 21.5 Å². The van der Waals surface area contributed by atoms with E-state index in [0.717, 1.165) is 11.1 Å². The summed E-state index contributed by atoms with van der Waals surface area (Å²) in [6, 6.07) is 18.2. The Kier molecular flexibility index (Phi) is 7.19. The van der Waals surface area contributed by atoms with Crippen molar-refractivity contribution in [2.75, 3.05) is 7.11 Å². The van der Waals surface area contributed by atoms with Crippen LogP contribution in [0.4, 0.5) is 5.69 Å². The Bertz CT molecular complexity index is 1140.